The Balaban J connectivity index is 0.00000261. The third-order valence-corrected chi connectivity index (χ3v) is 4.24. The van der Waals surface area contributed by atoms with E-state index in [1.165, 1.54) is 16.7 Å². The van der Waals surface area contributed by atoms with Crippen molar-refractivity contribution < 1.29 is 9.47 Å². The Kier molecular flexibility index (Phi) is 8.18. The first-order valence-corrected chi connectivity index (χ1v) is 8.84. The first kappa shape index (κ1) is 20.8. The molecule has 0 heterocycles. The van der Waals surface area contributed by atoms with Gasteiger partial charge in [0.15, 0.2) is 11.5 Å². The van der Waals surface area contributed by atoms with Crippen LogP contribution in [0.25, 0.3) is 0 Å². The van der Waals surface area contributed by atoms with E-state index in [2.05, 4.69) is 66.8 Å². The Morgan fingerprint density at radius 2 is 1.41 bits per heavy atom. The second-order valence-corrected chi connectivity index (χ2v) is 6.35. The fourth-order valence-corrected chi connectivity index (χ4v) is 2.73. The van der Waals surface area contributed by atoms with Crippen molar-refractivity contribution in [3.63, 3.8) is 0 Å². The summed E-state index contributed by atoms with van der Waals surface area (Å²) in [5.74, 6) is 1.52. The lowest BCUT2D eigenvalue weighted by Gasteiger charge is -2.13. The van der Waals surface area contributed by atoms with Gasteiger partial charge in [0, 0.05) is 13.1 Å². The van der Waals surface area contributed by atoms with Gasteiger partial charge in [-0.3, -0.25) is 0 Å². The van der Waals surface area contributed by atoms with Gasteiger partial charge in [-0.2, -0.15) is 0 Å². The van der Waals surface area contributed by atoms with Gasteiger partial charge in [-0.1, -0.05) is 66.2 Å². The number of hydrogen-bond donors (Lipinski definition) is 1. The number of rotatable bonds is 8. The number of methoxy groups -OCH3 is 1. The van der Waals surface area contributed by atoms with Crippen LogP contribution >= 0.6 is 12.4 Å². The largest absolute Gasteiger partial charge is 0.493 e. The summed E-state index contributed by atoms with van der Waals surface area (Å²) >= 11 is 0. The number of halogens is 1. The second kappa shape index (κ2) is 10.6. The monoisotopic (exact) mass is 383 g/mol. The molecular formula is C23H26ClNO2. The molecule has 0 bridgehead atoms. The fraction of sp³-hybridized carbons (Fsp3) is 0.217. The molecule has 3 aromatic carbocycles. The van der Waals surface area contributed by atoms with Crippen LogP contribution in [0, 0.1) is 6.92 Å². The minimum absolute atomic E-state index is 0. The van der Waals surface area contributed by atoms with Gasteiger partial charge in [0.05, 0.1) is 7.11 Å². The molecule has 0 fully saturated rings. The minimum atomic E-state index is 0. The average molecular weight is 384 g/mol. The van der Waals surface area contributed by atoms with Crippen LogP contribution in [0.15, 0.2) is 72.8 Å². The summed E-state index contributed by atoms with van der Waals surface area (Å²) in [5, 5.41) is 3.46. The maximum atomic E-state index is 5.94. The van der Waals surface area contributed by atoms with Crippen molar-refractivity contribution in [3.05, 3.63) is 95.1 Å². The molecule has 0 aromatic heterocycles. The average Bonchev–Trinajstić information content (AvgIpc) is 2.69. The van der Waals surface area contributed by atoms with Crippen molar-refractivity contribution in [2.75, 3.05) is 7.11 Å². The lowest BCUT2D eigenvalue weighted by atomic mass is 10.1. The van der Waals surface area contributed by atoms with Crippen molar-refractivity contribution in [1.29, 1.82) is 0 Å². The zero-order valence-corrected chi connectivity index (χ0v) is 16.6. The lowest BCUT2D eigenvalue weighted by molar-refractivity contribution is 0.284. The molecule has 0 radical (unpaired) electrons. The highest BCUT2D eigenvalue weighted by atomic mass is 35.5. The molecule has 0 aliphatic rings. The Hall–Kier alpha value is -2.49. The molecule has 3 nitrogen and oxygen atoms in total. The Labute approximate surface area is 167 Å². The van der Waals surface area contributed by atoms with Gasteiger partial charge in [0.1, 0.15) is 6.61 Å². The van der Waals surface area contributed by atoms with Gasteiger partial charge < -0.3 is 14.8 Å². The quantitative estimate of drug-likeness (QED) is 0.573. The standard InChI is InChI=1S/C23H25NO2.ClH/c1-18-8-10-20(11-9-18)17-26-22-13-12-21(14-23(22)25-2)16-24-15-19-6-4-3-5-7-19;/h3-14,24H,15-17H2,1-2H3;1H. The molecule has 4 heteroatoms. The molecule has 27 heavy (non-hydrogen) atoms. The maximum absolute atomic E-state index is 5.94. The SMILES string of the molecule is COc1cc(CNCc2ccccc2)ccc1OCc1ccc(C)cc1.Cl. The molecule has 0 unspecified atom stereocenters. The van der Waals surface area contributed by atoms with E-state index in [4.69, 9.17) is 9.47 Å². The zero-order chi connectivity index (χ0) is 18.2. The van der Waals surface area contributed by atoms with Gasteiger partial charge in [0.2, 0.25) is 0 Å². The van der Waals surface area contributed by atoms with Gasteiger partial charge in [-0.15, -0.1) is 12.4 Å². The van der Waals surface area contributed by atoms with Crippen molar-refractivity contribution in [2.24, 2.45) is 0 Å². The van der Waals surface area contributed by atoms with E-state index in [1.54, 1.807) is 7.11 Å². The molecule has 0 saturated carbocycles. The van der Waals surface area contributed by atoms with Crippen LogP contribution in [-0.2, 0) is 19.7 Å². The highest BCUT2D eigenvalue weighted by molar-refractivity contribution is 5.85. The van der Waals surface area contributed by atoms with Crippen LogP contribution in [0.2, 0.25) is 0 Å². The van der Waals surface area contributed by atoms with E-state index >= 15 is 0 Å². The second-order valence-electron chi connectivity index (χ2n) is 6.35. The molecular weight excluding hydrogens is 358 g/mol. The Morgan fingerprint density at radius 3 is 2.11 bits per heavy atom. The summed E-state index contributed by atoms with van der Waals surface area (Å²) in [6.45, 7) is 4.23. The molecule has 0 atom stereocenters. The third-order valence-electron chi connectivity index (χ3n) is 4.24. The van der Waals surface area contributed by atoms with Crippen molar-refractivity contribution >= 4 is 12.4 Å². The van der Waals surface area contributed by atoms with Crippen LogP contribution in [0.5, 0.6) is 11.5 Å². The van der Waals surface area contributed by atoms with E-state index < -0.39 is 0 Å². The zero-order valence-electron chi connectivity index (χ0n) is 15.8. The van der Waals surface area contributed by atoms with Crippen LogP contribution < -0.4 is 14.8 Å². The molecule has 3 rings (SSSR count). The number of ether oxygens (including phenoxy) is 2. The lowest BCUT2D eigenvalue weighted by Crippen LogP contribution is -2.12. The van der Waals surface area contributed by atoms with Crippen LogP contribution in [0.4, 0.5) is 0 Å². The van der Waals surface area contributed by atoms with Crippen LogP contribution in [0.1, 0.15) is 22.3 Å². The molecule has 0 spiro atoms. The summed E-state index contributed by atoms with van der Waals surface area (Å²) < 4.78 is 11.4. The molecule has 142 valence electrons. The van der Waals surface area contributed by atoms with Crippen LogP contribution in [-0.4, -0.2) is 7.11 Å². The normalized spacial score (nSPS) is 10.1. The van der Waals surface area contributed by atoms with E-state index in [-0.39, 0.29) is 12.4 Å². The molecule has 1 N–H and O–H groups in total. The highest BCUT2D eigenvalue weighted by Crippen LogP contribution is 2.29. The fourth-order valence-electron chi connectivity index (χ4n) is 2.73. The van der Waals surface area contributed by atoms with Crippen LogP contribution in [0.3, 0.4) is 0 Å². The van der Waals surface area contributed by atoms with Gasteiger partial charge >= 0.3 is 0 Å². The first-order chi connectivity index (χ1) is 12.7. The predicted molar refractivity (Wildman–Crippen MR) is 113 cm³/mol. The number of hydrogen-bond acceptors (Lipinski definition) is 3. The number of benzene rings is 3. The number of aryl methyl sites for hydroxylation is 1. The van der Waals surface area contributed by atoms with Crippen molar-refractivity contribution in [3.8, 4) is 11.5 Å². The van der Waals surface area contributed by atoms with Crippen molar-refractivity contribution in [1.82, 2.24) is 5.32 Å². The molecule has 0 amide bonds. The maximum Gasteiger partial charge on any atom is 0.161 e. The van der Waals surface area contributed by atoms with E-state index in [0.717, 1.165) is 30.2 Å². The third kappa shape index (κ3) is 6.31. The summed E-state index contributed by atoms with van der Waals surface area (Å²) in [4.78, 5) is 0. The topological polar surface area (TPSA) is 30.5 Å². The summed E-state index contributed by atoms with van der Waals surface area (Å²) in [6, 6.07) is 24.8. The van der Waals surface area contributed by atoms with E-state index in [9.17, 15) is 0 Å². The number of nitrogens with one attached hydrogen (secondary N) is 1. The van der Waals surface area contributed by atoms with Gasteiger partial charge in [-0.25, -0.2) is 0 Å². The molecule has 3 aromatic rings. The molecule has 0 aliphatic carbocycles. The van der Waals surface area contributed by atoms with Gasteiger partial charge in [-0.05, 0) is 35.7 Å². The highest BCUT2D eigenvalue weighted by Gasteiger charge is 2.06. The van der Waals surface area contributed by atoms with E-state index in [1.807, 2.05) is 18.2 Å². The minimum Gasteiger partial charge on any atom is -0.493 e. The Bertz CT molecular complexity index is 820. The Morgan fingerprint density at radius 1 is 0.741 bits per heavy atom. The van der Waals surface area contributed by atoms with E-state index in [0.29, 0.717) is 6.61 Å². The van der Waals surface area contributed by atoms with Crippen molar-refractivity contribution in [2.45, 2.75) is 26.6 Å². The summed E-state index contributed by atoms with van der Waals surface area (Å²) in [7, 11) is 1.68. The molecule has 0 saturated heterocycles. The predicted octanol–water partition coefficient (Wildman–Crippen LogP) is 5.29. The molecule has 0 aliphatic heterocycles. The first-order valence-electron chi connectivity index (χ1n) is 8.84. The summed E-state index contributed by atoms with van der Waals surface area (Å²) in [5.41, 5.74) is 4.84. The smallest absolute Gasteiger partial charge is 0.161 e. The van der Waals surface area contributed by atoms with Gasteiger partial charge in [0.25, 0.3) is 0 Å². The summed E-state index contributed by atoms with van der Waals surface area (Å²) in [6.07, 6.45) is 0.